The van der Waals surface area contributed by atoms with Crippen LogP contribution in [0.1, 0.15) is 11.1 Å². The Hall–Kier alpha value is -3.41. The van der Waals surface area contributed by atoms with Gasteiger partial charge in [-0.15, -0.1) is 0 Å². The van der Waals surface area contributed by atoms with Crippen LogP contribution in [0.2, 0.25) is 0 Å². The van der Waals surface area contributed by atoms with Crippen LogP contribution in [0.4, 0.5) is 9.18 Å². The Morgan fingerprint density at radius 2 is 1.81 bits per heavy atom. The zero-order valence-corrected chi connectivity index (χ0v) is 14.1. The molecule has 1 fully saturated rings. The molecule has 0 bridgehead atoms. The van der Waals surface area contributed by atoms with Gasteiger partial charge in [0.05, 0.1) is 6.54 Å². The van der Waals surface area contributed by atoms with E-state index in [0.29, 0.717) is 5.56 Å². The van der Waals surface area contributed by atoms with Crippen molar-refractivity contribution in [3.63, 3.8) is 0 Å². The van der Waals surface area contributed by atoms with Crippen LogP contribution in [0.5, 0.6) is 0 Å². The highest BCUT2D eigenvalue weighted by Crippen LogP contribution is 2.24. The van der Waals surface area contributed by atoms with E-state index in [1.165, 1.54) is 6.07 Å². The standard InChI is InChI=1S/C20H16FN3O2/c1-23-11-14(15-7-3-5-9-18(15)23)10-17-19(25)24(20(26)22-17)12-13-6-2-4-8-16(13)21/h2-11H,12H2,1H3,(H,22,26)/b17-10+. The number of nitrogens with zero attached hydrogens (tertiary/aromatic N) is 2. The van der Waals surface area contributed by atoms with Crippen LogP contribution in [0.15, 0.2) is 60.4 Å². The molecule has 1 saturated heterocycles. The lowest BCUT2D eigenvalue weighted by Gasteiger charge is -2.12. The molecule has 0 unspecified atom stereocenters. The molecule has 1 aliphatic heterocycles. The topological polar surface area (TPSA) is 54.3 Å². The number of halogens is 1. The number of urea groups is 1. The van der Waals surface area contributed by atoms with E-state index in [-0.39, 0.29) is 12.2 Å². The number of imide groups is 1. The van der Waals surface area contributed by atoms with Crippen LogP contribution in [-0.2, 0) is 18.4 Å². The molecule has 4 rings (SSSR count). The van der Waals surface area contributed by atoms with Crippen LogP contribution in [0, 0.1) is 5.82 Å². The fourth-order valence-corrected chi connectivity index (χ4v) is 3.16. The Morgan fingerprint density at radius 1 is 1.08 bits per heavy atom. The summed E-state index contributed by atoms with van der Waals surface area (Å²) in [6.45, 7) is -0.107. The summed E-state index contributed by atoms with van der Waals surface area (Å²) < 4.78 is 15.8. The van der Waals surface area contributed by atoms with Gasteiger partial charge < -0.3 is 9.88 Å². The molecule has 1 N–H and O–H groups in total. The molecule has 1 aliphatic rings. The lowest BCUT2D eigenvalue weighted by atomic mass is 10.1. The fourth-order valence-electron chi connectivity index (χ4n) is 3.16. The second-order valence-corrected chi connectivity index (χ2v) is 6.18. The first-order valence-corrected chi connectivity index (χ1v) is 8.16. The first-order valence-electron chi connectivity index (χ1n) is 8.16. The Morgan fingerprint density at radius 3 is 2.62 bits per heavy atom. The molecule has 3 aromatic rings. The van der Waals surface area contributed by atoms with Gasteiger partial charge in [-0.25, -0.2) is 9.18 Å². The minimum absolute atomic E-state index is 0.107. The fraction of sp³-hybridized carbons (Fsp3) is 0.100. The predicted molar refractivity (Wildman–Crippen MR) is 96.4 cm³/mol. The number of fused-ring (bicyclic) bond motifs is 1. The monoisotopic (exact) mass is 349 g/mol. The summed E-state index contributed by atoms with van der Waals surface area (Å²) in [5, 5.41) is 3.57. The molecule has 130 valence electrons. The number of carbonyl (C=O) groups is 2. The van der Waals surface area contributed by atoms with E-state index in [0.717, 1.165) is 21.4 Å². The van der Waals surface area contributed by atoms with Gasteiger partial charge in [0, 0.05) is 35.3 Å². The second kappa shape index (κ2) is 6.15. The molecule has 3 amide bonds. The molecule has 6 heteroatoms. The van der Waals surface area contributed by atoms with Crippen LogP contribution in [-0.4, -0.2) is 21.4 Å². The average Bonchev–Trinajstić information content (AvgIpc) is 3.09. The molecular formula is C20H16FN3O2. The maximum absolute atomic E-state index is 13.8. The quantitative estimate of drug-likeness (QED) is 0.582. The highest BCUT2D eigenvalue weighted by molar-refractivity contribution is 6.14. The van der Waals surface area contributed by atoms with Crippen LogP contribution in [0.25, 0.3) is 17.0 Å². The van der Waals surface area contributed by atoms with Gasteiger partial charge in [-0.3, -0.25) is 9.69 Å². The largest absolute Gasteiger partial charge is 0.350 e. The van der Waals surface area contributed by atoms with Crippen molar-refractivity contribution < 1.29 is 14.0 Å². The van der Waals surface area contributed by atoms with E-state index < -0.39 is 17.8 Å². The third-order valence-electron chi connectivity index (χ3n) is 4.48. The molecule has 0 saturated carbocycles. The molecule has 2 heterocycles. The third kappa shape index (κ3) is 2.65. The summed E-state index contributed by atoms with van der Waals surface area (Å²) in [7, 11) is 1.92. The van der Waals surface area contributed by atoms with Crippen molar-refractivity contribution in [2.45, 2.75) is 6.54 Å². The summed E-state index contributed by atoms with van der Waals surface area (Å²) in [4.78, 5) is 25.8. The third-order valence-corrected chi connectivity index (χ3v) is 4.48. The van der Waals surface area contributed by atoms with E-state index in [9.17, 15) is 14.0 Å². The number of nitrogens with one attached hydrogen (secondary N) is 1. The van der Waals surface area contributed by atoms with E-state index in [1.54, 1.807) is 24.3 Å². The van der Waals surface area contributed by atoms with Crippen LogP contribution >= 0.6 is 0 Å². The number of carbonyl (C=O) groups excluding carboxylic acids is 2. The van der Waals surface area contributed by atoms with Gasteiger partial charge in [-0.1, -0.05) is 36.4 Å². The number of benzene rings is 2. The van der Waals surface area contributed by atoms with E-state index >= 15 is 0 Å². The van der Waals surface area contributed by atoms with Gasteiger partial charge in [-0.05, 0) is 18.2 Å². The maximum Gasteiger partial charge on any atom is 0.329 e. The normalized spacial score (nSPS) is 15.9. The predicted octanol–water partition coefficient (Wildman–Crippen LogP) is 3.41. The maximum atomic E-state index is 13.8. The van der Waals surface area contributed by atoms with Crippen molar-refractivity contribution in [1.82, 2.24) is 14.8 Å². The SMILES string of the molecule is Cn1cc(/C=C2/NC(=O)N(Cc3ccccc3F)C2=O)c2ccccc21. The van der Waals surface area contributed by atoms with E-state index in [2.05, 4.69) is 5.32 Å². The van der Waals surface area contributed by atoms with Crippen molar-refractivity contribution >= 4 is 28.9 Å². The molecule has 0 aliphatic carbocycles. The Kier molecular flexibility index (Phi) is 3.80. The molecule has 0 radical (unpaired) electrons. The lowest BCUT2D eigenvalue weighted by Crippen LogP contribution is -2.30. The first kappa shape index (κ1) is 16.1. The molecule has 0 atom stereocenters. The number of hydrogen-bond donors (Lipinski definition) is 1. The van der Waals surface area contributed by atoms with Crippen molar-refractivity contribution in [2.75, 3.05) is 0 Å². The smallest absolute Gasteiger partial charge is 0.329 e. The van der Waals surface area contributed by atoms with Gasteiger partial charge in [0.1, 0.15) is 11.5 Å². The number of para-hydroxylation sites is 1. The molecule has 2 aromatic carbocycles. The molecular weight excluding hydrogens is 333 g/mol. The average molecular weight is 349 g/mol. The first-order chi connectivity index (χ1) is 12.5. The van der Waals surface area contributed by atoms with Crippen molar-refractivity contribution in [1.29, 1.82) is 0 Å². The molecule has 5 nitrogen and oxygen atoms in total. The van der Waals surface area contributed by atoms with Gasteiger partial charge in [-0.2, -0.15) is 0 Å². The summed E-state index contributed by atoms with van der Waals surface area (Å²) in [6.07, 6.45) is 3.56. The van der Waals surface area contributed by atoms with Crippen molar-refractivity contribution in [2.24, 2.45) is 7.05 Å². The van der Waals surface area contributed by atoms with E-state index in [1.807, 2.05) is 42.1 Å². The Bertz CT molecular complexity index is 1070. The number of rotatable bonds is 3. The van der Waals surface area contributed by atoms with Gasteiger partial charge in [0.15, 0.2) is 0 Å². The minimum Gasteiger partial charge on any atom is -0.350 e. The summed E-state index contributed by atoms with van der Waals surface area (Å²) >= 11 is 0. The zero-order chi connectivity index (χ0) is 18.3. The van der Waals surface area contributed by atoms with E-state index in [4.69, 9.17) is 0 Å². The Balaban J connectivity index is 1.66. The summed E-state index contributed by atoms with van der Waals surface area (Å²) in [5.41, 5.74) is 2.34. The van der Waals surface area contributed by atoms with Gasteiger partial charge in [0.25, 0.3) is 5.91 Å². The molecule has 26 heavy (non-hydrogen) atoms. The minimum atomic E-state index is -0.551. The van der Waals surface area contributed by atoms with Crippen molar-refractivity contribution in [3.05, 3.63) is 77.4 Å². The van der Waals surface area contributed by atoms with Gasteiger partial charge in [0.2, 0.25) is 0 Å². The van der Waals surface area contributed by atoms with Crippen molar-refractivity contribution in [3.8, 4) is 0 Å². The number of amides is 3. The van der Waals surface area contributed by atoms with Gasteiger partial charge >= 0.3 is 6.03 Å². The summed E-state index contributed by atoms with van der Waals surface area (Å²) in [6, 6.07) is 13.4. The zero-order valence-electron chi connectivity index (χ0n) is 14.1. The highest BCUT2D eigenvalue weighted by atomic mass is 19.1. The molecule has 0 spiro atoms. The Labute approximate surface area is 149 Å². The second-order valence-electron chi connectivity index (χ2n) is 6.18. The molecule has 1 aromatic heterocycles. The summed E-state index contributed by atoms with van der Waals surface area (Å²) in [5.74, 6) is -0.911. The van der Waals surface area contributed by atoms with Crippen LogP contribution < -0.4 is 5.32 Å². The number of aryl methyl sites for hydroxylation is 1. The number of hydrogen-bond acceptors (Lipinski definition) is 2. The number of aromatic nitrogens is 1. The highest BCUT2D eigenvalue weighted by Gasteiger charge is 2.34. The van der Waals surface area contributed by atoms with Crippen LogP contribution in [0.3, 0.4) is 0 Å². The lowest BCUT2D eigenvalue weighted by molar-refractivity contribution is -0.123.